The third-order valence-corrected chi connectivity index (χ3v) is 6.36. The van der Waals surface area contributed by atoms with E-state index in [1.165, 1.54) is 32.1 Å². The fraction of sp³-hybridized carbons (Fsp3) is 0.708. The van der Waals surface area contributed by atoms with Crippen LogP contribution in [-0.4, -0.2) is 32.7 Å². The van der Waals surface area contributed by atoms with E-state index in [0.717, 1.165) is 36.5 Å². The van der Waals surface area contributed by atoms with Crippen LogP contribution in [0, 0.1) is 11.8 Å². The van der Waals surface area contributed by atoms with Crippen molar-refractivity contribution in [1.29, 1.82) is 0 Å². The van der Waals surface area contributed by atoms with Crippen LogP contribution >= 0.6 is 0 Å². The number of carbonyl (C=O) groups is 1. The van der Waals surface area contributed by atoms with Crippen molar-refractivity contribution in [2.24, 2.45) is 11.8 Å². The largest absolute Gasteiger partial charge is 0.496 e. The molecule has 0 saturated heterocycles. The summed E-state index contributed by atoms with van der Waals surface area (Å²) < 4.78 is 11.6. The van der Waals surface area contributed by atoms with Crippen molar-refractivity contribution in [3.63, 3.8) is 0 Å². The van der Waals surface area contributed by atoms with E-state index < -0.39 is 0 Å². The summed E-state index contributed by atoms with van der Waals surface area (Å²) >= 11 is 0. The van der Waals surface area contributed by atoms with E-state index in [9.17, 15) is 4.79 Å². The maximum Gasteiger partial charge on any atom is 0.221 e. The molecular weight excluding hydrogens is 364 g/mol. The number of amides is 1. The molecule has 2 rings (SSSR count). The molecule has 1 amide bonds. The van der Waals surface area contributed by atoms with Gasteiger partial charge in [0.25, 0.3) is 0 Å². The predicted octanol–water partition coefficient (Wildman–Crippen LogP) is 4.68. The van der Waals surface area contributed by atoms with E-state index >= 15 is 0 Å². The minimum Gasteiger partial charge on any atom is -0.496 e. The second-order valence-electron chi connectivity index (χ2n) is 8.23. The molecule has 1 atom stereocenters. The summed E-state index contributed by atoms with van der Waals surface area (Å²) in [5.41, 5.74) is 1.10. The van der Waals surface area contributed by atoms with E-state index in [-0.39, 0.29) is 11.9 Å². The zero-order chi connectivity index (χ0) is 21.1. The van der Waals surface area contributed by atoms with Crippen LogP contribution in [0.25, 0.3) is 0 Å². The minimum atomic E-state index is 0.102. The third kappa shape index (κ3) is 7.54. The van der Waals surface area contributed by atoms with Crippen molar-refractivity contribution >= 4 is 5.91 Å². The molecule has 1 saturated carbocycles. The fourth-order valence-electron chi connectivity index (χ4n) is 4.18. The standard InChI is InChI=1S/C24H40N2O3/c1-5-18(6-2)17-29-21-13-12-20(23(14-21)28-4)16-26-22(15-24(27)25-3)19-10-8-7-9-11-19/h12-14,18-19,22,26H,5-11,15-17H2,1-4H3,(H,25,27). The molecule has 164 valence electrons. The van der Waals surface area contributed by atoms with E-state index in [4.69, 9.17) is 9.47 Å². The van der Waals surface area contributed by atoms with E-state index in [1.807, 2.05) is 12.1 Å². The van der Waals surface area contributed by atoms with Crippen LogP contribution in [0.5, 0.6) is 11.5 Å². The average Bonchev–Trinajstić information content (AvgIpc) is 2.77. The van der Waals surface area contributed by atoms with Crippen molar-refractivity contribution in [2.75, 3.05) is 20.8 Å². The van der Waals surface area contributed by atoms with E-state index in [0.29, 0.717) is 24.8 Å². The third-order valence-electron chi connectivity index (χ3n) is 6.36. The van der Waals surface area contributed by atoms with Gasteiger partial charge >= 0.3 is 0 Å². The maximum absolute atomic E-state index is 12.0. The molecule has 1 aromatic carbocycles. The summed E-state index contributed by atoms with van der Waals surface area (Å²) in [6.45, 7) is 5.83. The Morgan fingerprint density at radius 2 is 1.90 bits per heavy atom. The lowest BCUT2D eigenvalue weighted by molar-refractivity contribution is -0.121. The molecule has 0 bridgehead atoms. The first-order chi connectivity index (χ1) is 14.1. The lowest BCUT2D eigenvalue weighted by atomic mass is 9.82. The summed E-state index contributed by atoms with van der Waals surface area (Å²) in [5.74, 6) is 2.94. The van der Waals surface area contributed by atoms with Gasteiger partial charge in [0.2, 0.25) is 5.91 Å². The van der Waals surface area contributed by atoms with Gasteiger partial charge in [0.05, 0.1) is 13.7 Å². The van der Waals surface area contributed by atoms with Crippen LogP contribution in [0.15, 0.2) is 18.2 Å². The first-order valence-corrected chi connectivity index (χ1v) is 11.3. The molecule has 29 heavy (non-hydrogen) atoms. The van der Waals surface area contributed by atoms with Gasteiger partial charge in [0, 0.05) is 37.7 Å². The number of benzene rings is 1. The minimum absolute atomic E-state index is 0.102. The zero-order valence-corrected chi connectivity index (χ0v) is 18.8. The summed E-state index contributed by atoms with van der Waals surface area (Å²) in [6, 6.07) is 6.28. The molecule has 0 spiro atoms. The van der Waals surface area contributed by atoms with Gasteiger partial charge in [-0.15, -0.1) is 0 Å². The molecule has 1 fully saturated rings. The van der Waals surface area contributed by atoms with Crippen molar-refractivity contribution in [3.8, 4) is 11.5 Å². The molecule has 0 radical (unpaired) electrons. The van der Waals surface area contributed by atoms with Crippen molar-refractivity contribution in [3.05, 3.63) is 23.8 Å². The normalized spacial score (nSPS) is 15.9. The van der Waals surface area contributed by atoms with E-state index in [2.05, 4.69) is 30.5 Å². The van der Waals surface area contributed by atoms with Gasteiger partial charge in [0.15, 0.2) is 0 Å². The lowest BCUT2D eigenvalue weighted by Gasteiger charge is -2.31. The number of carbonyl (C=O) groups excluding carboxylic acids is 1. The highest BCUT2D eigenvalue weighted by Crippen LogP contribution is 2.29. The van der Waals surface area contributed by atoms with E-state index in [1.54, 1.807) is 14.2 Å². The predicted molar refractivity (Wildman–Crippen MR) is 118 cm³/mol. The highest BCUT2D eigenvalue weighted by molar-refractivity contribution is 5.76. The second kappa shape index (κ2) is 12.7. The number of hydrogen-bond donors (Lipinski definition) is 2. The molecule has 1 aromatic rings. The van der Waals surface area contributed by atoms with Gasteiger partial charge in [0.1, 0.15) is 11.5 Å². The highest BCUT2D eigenvalue weighted by Gasteiger charge is 2.25. The smallest absolute Gasteiger partial charge is 0.221 e. The van der Waals surface area contributed by atoms with Gasteiger partial charge in [-0.25, -0.2) is 0 Å². The number of methoxy groups -OCH3 is 1. The van der Waals surface area contributed by atoms with Crippen LogP contribution in [0.3, 0.4) is 0 Å². The molecule has 0 aliphatic heterocycles. The molecule has 5 heteroatoms. The molecular formula is C24H40N2O3. The number of rotatable bonds is 12. The maximum atomic E-state index is 12.0. The topological polar surface area (TPSA) is 59.6 Å². The molecule has 0 aromatic heterocycles. The number of nitrogens with one attached hydrogen (secondary N) is 2. The van der Waals surface area contributed by atoms with Gasteiger partial charge in [-0.1, -0.05) is 52.0 Å². The SMILES string of the molecule is CCC(CC)COc1ccc(CNC(CC(=O)NC)C2CCCCC2)c(OC)c1. The Kier molecular flexibility index (Phi) is 10.3. The van der Waals surface area contributed by atoms with Crippen molar-refractivity contribution < 1.29 is 14.3 Å². The Hall–Kier alpha value is -1.75. The Balaban J connectivity index is 2.01. The molecule has 0 heterocycles. The van der Waals surface area contributed by atoms with Crippen LogP contribution in [0.1, 0.15) is 70.8 Å². The van der Waals surface area contributed by atoms with Gasteiger partial charge in [-0.05, 0) is 30.7 Å². The van der Waals surface area contributed by atoms with Crippen molar-refractivity contribution in [2.45, 2.75) is 77.8 Å². The first-order valence-electron chi connectivity index (χ1n) is 11.3. The Morgan fingerprint density at radius 1 is 1.17 bits per heavy atom. The van der Waals surface area contributed by atoms with Crippen molar-refractivity contribution in [1.82, 2.24) is 10.6 Å². The molecule has 5 nitrogen and oxygen atoms in total. The van der Waals surface area contributed by atoms with Crippen LogP contribution in [-0.2, 0) is 11.3 Å². The Labute approximate surface area is 176 Å². The quantitative estimate of drug-likeness (QED) is 0.531. The van der Waals surface area contributed by atoms with Gasteiger partial charge in [-0.3, -0.25) is 4.79 Å². The highest BCUT2D eigenvalue weighted by atomic mass is 16.5. The van der Waals surface area contributed by atoms with Gasteiger partial charge in [-0.2, -0.15) is 0 Å². The lowest BCUT2D eigenvalue weighted by Crippen LogP contribution is -2.40. The Morgan fingerprint density at radius 3 is 2.52 bits per heavy atom. The van der Waals surface area contributed by atoms with Gasteiger partial charge < -0.3 is 20.1 Å². The first kappa shape index (κ1) is 23.5. The molecule has 2 N–H and O–H groups in total. The van der Waals surface area contributed by atoms with Crippen LogP contribution in [0.4, 0.5) is 0 Å². The van der Waals surface area contributed by atoms with Crippen LogP contribution < -0.4 is 20.1 Å². The fourth-order valence-corrected chi connectivity index (χ4v) is 4.18. The second-order valence-corrected chi connectivity index (χ2v) is 8.23. The zero-order valence-electron chi connectivity index (χ0n) is 18.8. The number of hydrogen-bond acceptors (Lipinski definition) is 4. The monoisotopic (exact) mass is 404 g/mol. The summed E-state index contributed by atoms with van der Waals surface area (Å²) in [5, 5.41) is 6.43. The summed E-state index contributed by atoms with van der Waals surface area (Å²) in [4.78, 5) is 12.0. The molecule has 1 aliphatic carbocycles. The Bertz CT molecular complexity index is 610. The summed E-state index contributed by atoms with van der Waals surface area (Å²) in [7, 11) is 3.41. The van der Waals surface area contributed by atoms with Crippen LogP contribution in [0.2, 0.25) is 0 Å². The summed E-state index contributed by atoms with van der Waals surface area (Å²) in [6.07, 6.45) is 9.04. The molecule has 1 unspecified atom stereocenters. The number of ether oxygens (including phenoxy) is 2. The molecule has 1 aliphatic rings. The average molecular weight is 405 g/mol.